The molecule has 0 heterocycles. The van der Waals surface area contributed by atoms with Crippen molar-refractivity contribution in [3.8, 4) is 6.19 Å². The molecular weight excluding hydrogens is 164 g/mol. The minimum Gasteiger partial charge on any atom is -0.369 e. The maximum atomic E-state index is 7.85. The molecule has 0 aliphatic heterocycles. The Kier molecular flexibility index (Phi) is 140. The van der Waals surface area contributed by atoms with Gasteiger partial charge >= 0.3 is 0 Å². The number of nitrogens with one attached hydrogen (secondary N) is 1. The molecule has 0 aromatic rings. The molecule has 0 atom stereocenters. The molecule has 13 heavy (non-hydrogen) atoms. The standard InChI is InChI=1S/C3H6N4.CH5N.2CH4.2B/c1-6-3(5)7-2-4;1-2;;;;/h1H3,(H3,5,6,7);2H2,1H3;2*1H4;;. The van der Waals surface area contributed by atoms with Crippen LogP contribution in [-0.4, -0.2) is 36.9 Å². The lowest BCUT2D eigenvalue weighted by atomic mass is 10.8. The molecule has 0 aliphatic carbocycles. The summed E-state index contributed by atoms with van der Waals surface area (Å²) < 4.78 is 0. The van der Waals surface area contributed by atoms with Crippen molar-refractivity contribution in [2.45, 2.75) is 14.9 Å². The summed E-state index contributed by atoms with van der Waals surface area (Å²) in [5, 5.41) is 9.97. The van der Waals surface area contributed by atoms with Gasteiger partial charge in [-0.2, -0.15) is 5.26 Å². The van der Waals surface area contributed by atoms with Gasteiger partial charge in [0.05, 0.1) is 0 Å². The molecule has 0 aromatic heterocycles. The fourth-order valence-electron chi connectivity index (χ4n) is 0.113. The van der Waals surface area contributed by atoms with Gasteiger partial charge in [-0.1, -0.05) is 14.9 Å². The van der Waals surface area contributed by atoms with Crippen LogP contribution in [0.1, 0.15) is 14.9 Å². The Morgan fingerprint density at radius 3 is 1.69 bits per heavy atom. The molecule has 0 unspecified atom stereocenters. The molecule has 74 valence electrons. The molecule has 0 aliphatic rings. The molecule has 0 aromatic carbocycles. The van der Waals surface area contributed by atoms with E-state index in [9.17, 15) is 0 Å². The number of guanidine groups is 1. The van der Waals surface area contributed by atoms with Crippen LogP contribution < -0.4 is 16.8 Å². The molecule has 0 bridgehead atoms. The van der Waals surface area contributed by atoms with E-state index in [1.807, 2.05) is 0 Å². The van der Waals surface area contributed by atoms with Gasteiger partial charge in [-0.15, -0.1) is 0 Å². The normalized spacial score (nSPS) is 5.85. The average molecular weight is 183 g/mol. The first-order valence-corrected chi connectivity index (χ1v) is 2.26. The quantitative estimate of drug-likeness (QED) is 0.149. The van der Waals surface area contributed by atoms with E-state index in [2.05, 4.69) is 16.0 Å². The highest BCUT2D eigenvalue weighted by Gasteiger charge is 1.77. The molecule has 0 saturated heterocycles. The van der Waals surface area contributed by atoms with E-state index in [0.717, 1.165) is 0 Å². The summed E-state index contributed by atoms with van der Waals surface area (Å²) in [6, 6.07) is 0. The van der Waals surface area contributed by atoms with E-state index >= 15 is 0 Å². The molecular formula is C6H19B2N5. The zero-order valence-corrected chi connectivity index (χ0v) is 6.70. The highest BCUT2D eigenvalue weighted by molar-refractivity contribution is 5.78. The summed E-state index contributed by atoms with van der Waals surface area (Å²) in [5.74, 6) is 0.141. The van der Waals surface area contributed by atoms with Crippen molar-refractivity contribution in [1.82, 2.24) is 5.32 Å². The van der Waals surface area contributed by atoms with Gasteiger partial charge in [0.25, 0.3) is 0 Å². The number of rotatable bonds is 0. The van der Waals surface area contributed by atoms with Gasteiger partial charge in [0.1, 0.15) is 0 Å². The number of nitriles is 1. The Labute approximate surface area is 85.7 Å². The van der Waals surface area contributed by atoms with Crippen molar-refractivity contribution < 1.29 is 0 Å². The van der Waals surface area contributed by atoms with Crippen molar-refractivity contribution in [1.29, 1.82) is 5.26 Å². The van der Waals surface area contributed by atoms with Crippen LogP contribution in [0.4, 0.5) is 0 Å². The lowest BCUT2D eigenvalue weighted by Crippen LogP contribution is -2.26. The van der Waals surface area contributed by atoms with Crippen LogP contribution >= 0.6 is 0 Å². The third-order valence-electron chi connectivity index (χ3n) is 0.425. The minimum absolute atomic E-state index is 0. The lowest BCUT2D eigenvalue weighted by molar-refractivity contribution is 1.20. The highest BCUT2D eigenvalue weighted by atomic mass is 15.1. The van der Waals surface area contributed by atoms with Gasteiger partial charge in [0.2, 0.25) is 5.96 Å². The molecule has 0 amide bonds. The molecule has 5 nitrogen and oxygen atoms in total. The van der Waals surface area contributed by atoms with Gasteiger partial charge in [0, 0.05) is 23.9 Å². The van der Waals surface area contributed by atoms with Crippen LogP contribution in [-0.2, 0) is 0 Å². The lowest BCUT2D eigenvalue weighted by Gasteiger charge is -1.87. The van der Waals surface area contributed by atoms with E-state index in [1.165, 1.54) is 14.1 Å². The Morgan fingerprint density at radius 2 is 1.62 bits per heavy atom. The van der Waals surface area contributed by atoms with Crippen LogP contribution in [0.25, 0.3) is 0 Å². The number of nitrogens with two attached hydrogens (primary N) is 2. The van der Waals surface area contributed by atoms with E-state index < -0.39 is 0 Å². The van der Waals surface area contributed by atoms with Gasteiger partial charge < -0.3 is 11.5 Å². The first kappa shape index (κ1) is 40.8. The minimum atomic E-state index is 0. The predicted octanol–water partition coefficient (Wildman–Crippen LogP) is -0.913. The third-order valence-corrected chi connectivity index (χ3v) is 0.425. The second kappa shape index (κ2) is 44.8. The van der Waals surface area contributed by atoms with Gasteiger partial charge in [-0.25, -0.2) is 0 Å². The second-order valence-electron chi connectivity index (χ2n) is 0.846. The molecule has 0 fully saturated rings. The van der Waals surface area contributed by atoms with Gasteiger partial charge in [0.15, 0.2) is 6.19 Å². The molecule has 0 rings (SSSR count). The third kappa shape index (κ3) is 57.3. The Bertz CT molecular complexity index is 121. The summed E-state index contributed by atoms with van der Waals surface area (Å²) in [5.41, 5.74) is 9.50. The average Bonchev–Trinajstić information content (AvgIpc) is 1.93. The maximum absolute atomic E-state index is 7.85. The number of hydrogen-bond donors (Lipinski definition) is 3. The first-order valence-electron chi connectivity index (χ1n) is 2.26. The Morgan fingerprint density at radius 1 is 1.31 bits per heavy atom. The van der Waals surface area contributed by atoms with Crippen LogP contribution in [0, 0.1) is 11.5 Å². The fraction of sp³-hybridized carbons (Fsp3) is 0.667. The van der Waals surface area contributed by atoms with Crippen LogP contribution in [0.3, 0.4) is 0 Å². The molecule has 7 heteroatoms. The summed E-state index contributed by atoms with van der Waals surface area (Å²) >= 11 is 0. The van der Waals surface area contributed by atoms with Crippen molar-refractivity contribution >= 4 is 22.8 Å². The van der Waals surface area contributed by atoms with Crippen molar-refractivity contribution in [2.75, 3.05) is 14.1 Å². The fourth-order valence-corrected chi connectivity index (χ4v) is 0.113. The molecule has 0 spiro atoms. The van der Waals surface area contributed by atoms with Crippen LogP contribution in [0.2, 0.25) is 0 Å². The summed E-state index contributed by atoms with van der Waals surface area (Å²) in [6.07, 6.45) is 1.61. The topological polar surface area (TPSA) is 100 Å². The maximum Gasteiger partial charge on any atom is 0.201 e. The van der Waals surface area contributed by atoms with E-state index in [1.54, 1.807) is 6.19 Å². The predicted molar refractivity (Wildman–Crippen MR) is 61.4 cm³/mol. The number of hydrogen-bond acceptors (Lipinski definition) is 3. The highest BCUT2D eigenvalue weighted by Crippen LogP contribution is 1.50. The van der Waals surface area contributed by atoms with Crippen molar-refractivity contribution in [3.05, 3.63) is 0 Å². The molecule has 6 radical (unpaired) electrons. The van der Waals surface area contributed by atoms with Gasteiger partial charge in [-0.05, 0) is 7.05 Å². The van der Waals surface area contributed by atoms with Crippen LogP contribution in [0.5, 0.6) is 0 Å². The second-order valence-corrected chi connectivity index (χ2v) is 0.846. The van der Waals surface area contributed by atoms with E-state index in [0.29, 0.717) is 0 Å². The van der Waals surface area contributed by atoms with Crippen molar-refractivity contribution in [3.63, 3.8) is 0 Å². The SMILES string of the molecule is C.C.CN.CN=C(N)NC#N.[B].[B]. The van der Waals surface area contributed by atoms with Gasteiger partial charge in [-0.3, -0.25) is 10.3 Å². The zero-order valence-electron chi connectivity index (χ0n) is 6.70. The first-order chi connectivity index (χ1) is 4.31. The van der Waals surface area contributed by atoms with E-state index in [-0.39, 0.29) is 37.6 Å². The summed E-state index contributed by atoms with van der Waals surface area (Å²) in [4.78, 5) is 3.44. The largest absolute Gasteiger partial charge is 0.369 e. The van der Waals surface area contributed by atoms with Crippen molar-refractivity contribution in [2.24, 2.45) is 16.5 Å². The zero-order chi connectivity index (χ0) is 7.70. The Hall–Kier alpha value is -1.15. The smallest absolute Gasteiger partial charge is 0.201 e. The van der Waals surface area contributed by atoms with E-state index in [4.69, 9.17) is 11.0 Å². The Balaban J connectivity index is -0.0000000191. The summed E-state index contributed by atoms with van der Waals surface area (Å²) in [6.45, 7) is 0. The number of nitrogens with zero attached hydrogens (tertiary/aromatic N) is 2. The monoisotopic (exact) mass is 183 g/mol. The molecule has 0 saturated carbocycles. The number of aliphatic imine (C=N–C) groups is 1. The summed E-state index contributed by atoms with van der Waals surface area (Å²) in [7, 11) is 3.00. The molecule has 5 N–H and O–H groups in total. The van der Waals surface area contributed by atoms with Crippen LogP contribution in [0.15, 0.2) is 4.99 Å².